The number of ether oxygens (including phenoxy) is 3. The third kappa shape index (κ3) is 53.7. The van der Waals surface area contributed by atoms with Crippen molar-refractivity contribution < 1.29 is 49.3 Å². The average molecular weight is 1280 g/mol. The van der Waals surface area contributed by atoms with Gasteiger partial charge in [0.25, 0.3) is 0 Å². The van der Waals surface area contributed by atoms with E-state index in [1.807, 2.05) is 6.08 Å². The van der Waals surface area contributed by atoms with E-state index >= 15 is 0 Å². The van der Waals surface area contributed by atoms with Crippen LogP contribution >= 0.6 is 0 Å². The molecule has 8 unspecified atom stereocenters. The number of amides is 1. The van der Waals surface area contributed by atoms with Gasteiger partial charge in [0.05, 0.1) is 25.4 Å². The summed E-state index contributed by atoms with van der Waals surface area (Å²) in [5, 5.41) is 57.4. The normalized spacial score (nSPS) is 18.4. The Balaban J connectivity index is 2.55. The fraction of sp³-hybridized carbons (Fsp3) is 0.800. The summed E-state index contributed by atoms with van der Waals surface area (Å²) in [5.74, 6) is -1.20. The van der Waals surface area contributed by atoms with Gasteiger partial charge in [-0.1, -0.05) is 324 Å². The van der Waals surface area contributed by atoms with E-state index in [1.54, 1.807) is 6.08 Å². The summed E-state index contributed by atoms with van der Waals surface area (Å²) in [6, 6.07) is -1.03. The van der Waals surface area contributed by atoms with Gasteiger partial charge < -0.3 is 45.1 Å². The summed E-state index contributed by atoms with van der Waals surface area (Å²) in [7, 11) is 0. The highest BCUT2D eigenvalue weighted by molar-refractivity contribution is 5.80. The summed E-state index contributed by atoms with van der Waals surface area (Å²) in [6.45, 7) is 5.78. The van der Waals surface area contributed by atoms with Crippen LogP contribution in [0.3, 0.4) is 0 Å². The van der Waals surface area contributed by atoms with Gasteiger partial charge in [-0.05, 0) is 103 Å². The van der Waals surface area contributed by atoms with E-state index in [9.17, 15) is 35.1 Å². The molecule has 1 aliphatic heterocycles. The molecular weight excluding hydrogens is 1130 g/mol. The molecule has 8 atom stereocenters. The predicted octanol–water partition coefficient (Wildman–Crippen LogP) is 20.4. The molecule has 11 heteroatoms. The van der Waals surface area contributed by atoms with Gasteiger partial charge in [-0.15, -0.1) is 0 Å². The van der Waals surface area contributed by atoms with E-state index in [4.69, 9.17) is 14.2 Å². The Hall–Kier alpha value is -3.16. The van der Waals surface area contributed by atoms with Crippen LogP contribution in [0.1, 0.15) is 348 Å². The lowest BCUT2D eigenvalue weighted by Gasteiger charge is -2.41. The van der Waals surface area contributed by atoms with Gasteiger partial charge in [0.1, 0.15) is 24.4 Å². The Kier molecular flexibility index (Phi) is 63.1. The number of unbranched alkanes of at least 4 members (excludes halogenated alkanes) is 40. The number of nitrogens with one attached hydrogen (secondary N) is 1. The molecule has 0 spiro atoms. The molecule has 91 heavy (non-hydrogen) atoms. The van der Waals surface area contributed by atoms with Crippen LogP contribution in [-0.2, 0) is 23.8 Å². The van der Waals surface area contributed by atoms with Crippen LogP contribution < -0.4 is 5.32 Å². The number of esters is 1. The molecule has 6 N–H and O–H groups in total. The lowest BCUT2D eigenvalue weighted by atomic mass is 9.99. The van der Waals surface area contributed by atoms with E-state index in [2.05, 4.69) is 99.0 Å². The third-order valence-electron chi connectivity index (χ3n) is 17.8. The molecule has 0 radical (unpaired) electrons. The summed E-state index contributed by atoms with van der Waals surface area (Å²) in [5.41, 5.74) is 0. The molecule has 1 amide bonds. The Labute approximate surface area is 559 Å². The lowest BCUT2D eigenvalue weighted by molar-refractivity contribution is -0.305. The summed E-state index contributed by atoms with van der Waals surface area (Å²) >= 11 is 0. The monoisotopic (exact) mass is 1280 g/mol. The molecule has 0 saturated carbocycles. The van der Waals surface area contributed by atoms with Crippen molar-refractivity contribution in [3.05, 3.63) is 85.1 Å². The Morgan fingerprint density at radius 3 is 1.15 bits per heavy atom. The van der Waals surface area contributed by atoms with Gasteiger partial charge in [0.2, 0.25) is 5.91 Å². The van der Waals surface area contributed by atoms with Gasteiger partial charge >= 0.3 is 5.97 Å². The molecule has 0 aliphatic carbocycles. The second kappa shape index (κ2) is 66.8. The van der Waals surface area contributed by atoms with Gasteiger partial charge in [-0.2, -0.15) is 0 Å². The van der Waals surface area contributed by atoms with Crippen molar-refractivity contribution in [2.24, 2.45) is 0 Å². The summed E-state index contributed by atoms with van der Waals surface area (Å²) in [6.07, 6.45) is 79.1. The molecule has 1 fully saturated rings. The van der Waals surface area contributed by atoms with Gasteiger partial charge in [-0.3, -0.25) is 9.59 Å². The minimum atomic E-state index is -1.62. The molecule has 528 valence electrons. The van der Waals surface area contributed by atoms with Crippen molar-refractivity contribution in [2.45, 2.75) is 397 Å². The minimum absolute atomic E-state index is 0.110. The number of aliphatic hydroxyl groups excluding tert-OH is 5. The van der Waals surface area contributed by atoms with Crippen molar-refractivity contribution in [1.29, 1.82) is 0 Å². The minimum Gasteiger partial charge on any atom is -0.454 e. The number of carbonyl (C=O) groups is 2. The average Bonchev–Trinajstić information content (AvgIpc) is 1.01. The second-order valence-corrected chi connectivity index (χ2v) is 26.4. The van der Waals surface area contributed by atoms with Crippen LogP contribution in [0.5, 0.6) is 0 Å². The number of allylic oxidation sites excluding steroid dienone is 13. The topological polar surface area (TPSA) is 175 Å². The first-order chi connectivity index (χ1) is 44.7. The molecule has 1 saturated heterocycles. The molecule has 1 rings (SSSR count). The van der Waals surface area contributed by atoms with Crippen molar-refractivity contribution >= 4 is 11.9 Å². The maximum atomic E-state index is 13.5. The van der Waals surface area contributed by atoms with Crippen LogP contribution in [0.4, 0.5) is 0 Å². The molecular formula is C80H143NO10. The van der Waals surface area contributed by atoms with Crippen LogP contribution in [0.15, 0.2) is 85.1 Å². The molecule has 0 aromatic rings. The molecule has 0 aromatic carbocycles. The number of carbonyl (C=O) groups excluding carboxylic acids is 2. The van der Waals surface area contributed by atoms with Crippen LogP contribution in [0.25, 0.3) is 0 Å². The standard InChI is InChI=1S/C80H143NO10/c1-4-7-10-13-16-19-22-25-27-29-31-33-35-36-37-39-40-42-44-46-49-52-55-58-61-64-67-73(84)79(88)81-71(72(83)66-63-60-57-54-51-48-24-21-18-15-12-9-6-3)70-89-80-78(77(87)76(86)74(69-82)90-80)91-75(85)68-65-62-59-56-53-50-47-45-43-41-38-34-32-30-28-26-23-20-17-14-11-8-5-2/h16-17,19-20,25-28,32,34,41,43,63,66,71-74,76-78,80,82-84,86-87H,4-15,18,21-24,29-31,33,35-40,42,44-62,64-65,67-70H2,1-3H3,(H,81,88)/b19-16-,20-17-,27-25-,28-26-,34-32-,43-41-,66-63+. The van der Waals surface area contributed by atoms with Gasteiger partial charge in [-0.25, -0.2) is 0 Å². The molecule has 0 bridgehead atoms. The molecule has 1 aliphatic rings. The SMILES string of the molecule is CCCCC/C=C\C/C=C\C/C=C\C/C=C\CCCCCCCCCC(=O)OC1C(OCC(NC(=O)C(O)CCCCCCCCCCCCCCCCCC/C=C\C/C=C\CCCCC)C(O)/C=C/CCCCCCCCCCCCC)OC(CO)C(O)C1O. The van der Waals surface area contributed by atoms with Crippen LogP contribution in [0, 0.1) is 0 Å². The third-order valence-corrected chi connectivity index (χ3v) is 17.8. The van der Waals surface area contributed by atoms with E-state index in [-0.39, 0.29) is 19.4 Å². The maximum Gasteiger partial charge on any atom is 0.306 e. The highest BCUT2D eigenvalue weighted by Crippen LogP contribution is 2.26. The van der Waals surface area contributed by atoms with E-state index in [1.165, 1.54) is 193 Å². The number of aliphatic hydroxyl groups is 5. The zero-order valence-electron chi connectivity index (χ0n) is 59.0. The first kappa shape index (κ1) is 85.9. The van der Waals surface area contributed by atoms with Crippen molar-refractivity contribution in [3.63, 3.8) is 0 Å². The van der Waals surface area contributed by atoms with E-state index < -0.39 is 67.4 Å². The summed E-state index contributed by atoms with van der Waals surface area (Å²) < 4.78 is 17.7. The molecule has 11 nitrogen and oxygen atoms in total. The quantitative estimate of drug-likeness (QED) is 0.0195. The Morgan fingerprint density at radius 2 is 0.758 bits per heavy atom. The van der Waals surface area contributed by atoms with E-state index in [0.29, 0.717) is 12.8 Å². The zero-order valence-corrected chi connectivity index (χ0v) is 59.0. The smallest absolute Gasteiger partial charge is 0.306 e. The van der Waals surface area contributed by atoms with Crippen molar-refractivity contribution in [2.75, 3.05) is 13.2 Å². The Bertz CT molecular complexity index is 1810. The second-order valence-electron chi connectivity index (χ2n) is 26.4. The highest BCUT2D eigenvalue weighted by Gasteiger charge is 2.47. The lowest BCUT2D eigenvalue weighted by Crippen LogP contribution is -2.61. The predicted molar refractivity (Wildman–Crippen MR) is 384 cm³/mol. The first-order valence-corrected chi connectivity index (χ1v) is 38.4. The number of hydrogen-bond donors (Lipinski definition) is 6. The zero-order chi connectivity index (χ0) is 66.0. The van der Waals surface area contributed by atoms with Crippen LogP contribution in [-0.4, -0.2) is 99.6 Å². The van der Waals surface area contributed by atoms with Gasteiger partial charge in [0.15, 0.2) is 12.4 Å². The fourth-order valence-corrected chi connectivity index (χ4v) is 11.7. The van der Waals surface area contributed by atoms with Gasteiger partial charge in [0, 0.05) is 6.42 Å². The Morgan fingerprint density at radius 1 is 0.429 bits per heavy atom. The first-order valence-electron chi connectivity index (χ1n) is 38.4. The molecule has 1 heterocycles. The number of hydrogen-bond acceptors (Lipinski definition) is 10. The fourth-order valence-electron chi connectivity index (χ4n) is 11.7. The largest absolute Gasteiger partial charge is 0.454 e. The number of rotatable bonds is 66. The van der Waals surface area contributed by atoms with Crippen molar-refractivity contribution in [1.82, 2.24) is 5.32 Å². The van der Waals surface area contributed by atoms with E-state index in [0.717, 1.165) is 109 Å². The highest BCUT2D eigenvalue weighted by atomic mass is 16.7. The molecule has 0 aromatic heterocycles. The van der Waals surface area contributed by atoms with Crippen LogP contribution in [0.2, 0.25) is 0 Å². The maximum absolute atomic E-state index is 13.5. The van der Waals surface area contributed by atoms with Crippen molar-refractivity contribution in [3.8, 4) is 0 Å². The summed E-state index contributed by atoms with van der Waals surface area (Å²) in [4.78, 5) is 26.8.